The van der Waals surface area contributed by atoms with Crippen LogP contribution < -0.4 is 0 Å². The molecule has 2 aliphatic carbocycles. The lowest BCUT2D eigenvalue weighted by atomic mass is 9.94. The van der Waals surface area contributed by atoms with Crippen LogP contribution in [0.1, 0.15) is 61.3 Å². The molecule has 1 heteroatoms. The number of benzene rings is 3. The molecule has 3 aromatic rings. The second kappa shape index (κ2) is 7.83. The Hall–Kier alpha value is -2.93. The van der Waals surface area contributed by atoms with E-state index in [2.05, 4.69) is 81.4 Å². The number of hydrogen-bond acceptors (Lipinski definition) is 1. The van der Waals surface area contributed by atoms with Gasteiger partial charge >= 0.3 is 0 Å². The highest BCUT2D eigenvalue weighted by molar-refractivity contribution is 6.01. The minimum Gasteiger partial charge on any atom is -0.294 e. The van der Waals surface area contributed by atoms with Crippen molar-refractivity contribution in [3.05, 3.63) is 111 Å². The Morgan fingerprint density at radius 2 is 1.31 bits per heavy atom. The summed E-state index contributed by atoms with van der Waals surface area (Å²) in [4.78, 5) is 11.4. The Balaban J connectivity index is 0.000000150. The molecule has 1 nitrogen and oxygen atoms in total. The normalized spacial score (nSPS) is 14.1. The van der Waals surface area contributed by atoms with Crippen LogP contribution in [-0.2, 0) is 12.8 Å². The second-order valence-electron chi connectivity index (χ2n) is 8.34. The van der Waals surface area contributed by atoms with E-state index in [0.29, 0.717) is 12.2 Å². The van der Waals surface area contributed by atoms with Crippen LogP contribution >= 0.6 is 0 Å². The van der Waals surface area contributed by atoms with Gasteiger partial charge in [0.1, 0.15) is 0 Å². The van der Waals surface area contributed by atoms with E-state index in [0.717, 1.165) is 24.0 Å². The lowest BCUT2D eigenvalue weighted by Gasteiger charge is -2.11. The Kier molecular flexibility index (Phi) is 5.24. The van der Waals surface area contributed by atoms with E-state index >= 15 is 0 Å². The van der Waals surface area contributed by atoms with Crippen LogP contribution in [0.5, 0.6) is 0 Å². The van der Waals surface area contributed by atoms with Crippen LogP contribution in [0.2, 0.25) is 0 Å². The third-order valence-electron chi connectivity index (χ3n) is 5.90. The van der Waals surface area contributed by atoms with Gasteiger partial charge in [-0.3, -0.25) is 4.79 Å². The van der Waals surface area contributed by atoms with Gasteiger partial charge in [0.05, 0.1) is 0 Å². The van der Waals surface area contributed by atoms with Crippen molar-refractivity contribution in [3.63, 3.8) is 0 Å². The number of carbonyl (C=O) groups is 1. The zero-order valence-electron chi connectivity index (χ0n) is 17.8. The summed E-state index contributed by atoms with van der Waals surface area (Å²) in [6.45, 7) is 8.49. The summed E-state index contributed by atoms with van der Waals surface area (Å²) in [6, 6.07) is 19.5. The molecule has 0 heterocycles. The quantitative estimate of drug-likeness (QED) is 0.458. The summed E-state index contributed by atoms with van der Waals surface area (Å²) >= 11 is 0. The van der Waals surface area contributed by atoms with E-state index in [1.165, 1.54) is 44.5 Å². The topological polar surface area (TPSA) is 17.1 Å². The van der Waals surface area contributed by atoms with Gasteiger partial charge in [0.15, 0.2) is 5.78 Å². The second-order valence-corrected chi connectivity index (χ2v) is 8.34. The van der Waals surface area contributed by atoms with Gasteiger partial charge in [-0.05, 0) is 79.5 Å². The van der Waals surface area contributed by atoms with Crippen molar-refractivity contribution in [3.8, 4) is 0 Å². The molecule has 0 saturated heterocycles. The molecule has 0 fully saturated rings. The molecule has 0 unspecified atom stereocenters. The fraction of sp³-hybridized carbons (Fsp3) is 0.250. The maximum Gasteiger partial charge on any atom is 0.163 e. The summed E-state index contributed by atoms with van der Waals surface area (Å²) in [7, 11) is 0. The molecule has 5 rings (SSSR count). The third kappa shape index (κ3) is 3.82. The molecular weight excluding hydrogens is 352 g/mol. The van der Waals surface area contributed by atoms with Crippen LogP contribution in [0.3, 0.4) is 0 Å². The van der Waals surface area contributed by atoms with Crippen molar-refractivity contribution in [2.24, 2.45) is 0 Å². The van der Waals surface area contributed by atoms with Gasteiger partial charge in [-0.1, -0.05) is 71.8 Å². The van der Waals surface area contributed by atoms with E-state index in [1.54, 1.807) is 0 Å². The SMILES string of the molecule is Cc1cc(C)c2c(c1)CC=C2c1ccccc1.Cc1cc(C)c2c(c1)CCC2=O. The maximum absolute atomic E-state index is 11.4. The summed E-state index contributed by atoms with van der Waals surface area (Å²) in [5, 5.41) is 0. The molecule has 0 radical (unpaired) electrons. The predicted octanol–water partition coefficient (Wildman–Crippen LogP) is 6.72. The minimum atomic E-state index is 0.322. The number of Topliss-reactive ketones (excluding diaryl/α,β-unsaturated/α-hetero) is 1. The molecule has 2 aliphatic rings. The van der Waals surface area contributed by atoms with Crippen LogP contribution in [0.4, 0.5) is 0 Å². The lowest BCUT2D eigenvalue weighted by Crippen LogP contribution is -1.95. The number of hydrogen-bond donors (Lipinski definition) is 0. The lowest BCUT2D eigenvalue weighted by molar-refractivity contribution is 0.0994. The van der Waals surface area contributed by atoms with Crippen LogP contribution in [0, 0.1) is 27.7 Å². The van der Waals surface area contributed by atoms with Crippen molar-refractivity contribution < 1.29 is 4.79 Å². The molecule has 0 amide bonds. The summed E-state index contributed by atoms with van der Waals surface area (Å²) in [5.74, 6) is 0.322. The molecule has 0 saturated carbocycles. The zero-order chi connectivity index (χ0) is 20.5. The molecule has 0 aliphatic heterocycles. The molecular formula is C28H28O. The highest BCUT2D eigenvalue weighted by Gasteiger charge is 2.21. The van der Waals surface area contributed by atoms with Gasteiger partial charge < -0.3 is 0 Å². The van der Waals surface area contributed by atoms with Crippen molar-refractivity contribution >= 4 is 11.4 Å². The smallest absolute Gasteiger partial charge is 0.163 e. The Labute approximate surface area is 174 Å². The first-order valence-corrected chi connectivity index (χ1v) is 10.4. The van der Waals surface area contributed by atoms with Gasteiger partial charge in [0, 0.05) is 12.0 Å². The fourth-order valence-electron chi connectivity index (χ4n) is 4.82. The Bertz CT molecular complexity index is 1120. The average molecular weight is 381 g/mol. The first-order chi connectivity index (χ1) is 13.9. The van der Waals surface area contributed by atoms with Crippen molar-refractivity contribution in [1.82, 2.24) is 0 Å². The van der Waals surface area contributed by atoms with Gasteiger partial charge in [-0.2, -0.15) is 0 Å². The molecule has 0 atom stereocenters. The van der Waals surface area contributed by atoms with Crippen LogP contribution in [0.15, 0.2) is 60.7 Å². The Morgan fingerprint density at radius 1 is 0.690 bits per heavy atom. The number of allylic oxidation sites excluding steroid dienone is 1. The average Bonchev–Trinajstić information content (AvgIpc) is 3.27. The van der Waals surface area contributed by atoms with Crippen LogP contribution in [0.25, 0.3) is 5.57 Å². The number of carbonyl (C=O) groups excluding carboxylic acids is 1. The van der Waals surface area contributed by atoms with Gasteiger partial charge in [0.2, 0.25) is 0 Å². The molecule has 0 spiro atoms. The van der Waals surface area contributed by atoms with E-state index in [1.807, 2.05) is 6.92 Å². The number of fused-ring (bicyclic) bond motifs is 2. The number of rotatable bonds is 1. The summed E-state index contributed by atoms with van der Waals surface area (Å²) < 4.78 is 0. The summed E-state index contributed by atoms with van der Waals surface area (Å²) in [6.07, 6.45) is 5.07. The number of aryl methyl sites for hydroxylation is 5. The predicted molar refractivity (Wildman–Crippen MR) is 122 cm³/mol. The van der Waals surface area contributed by atoms with Gasteiger partial charge in [-0.25, -0.2) is 0 Å². The third-order valence-corrected chi connectivity index (χ3v) is 5.90. The molecule has 0 aromatic heterocycles. The van der Waals surface area contributed by atoms with Gasteiger partial charge in [-0.15, -0.1) is 0 Å². The van der Waals surface area contributed by atoms with Gasteiger partial charge in [0.25, 0.3) is 0 Å². The minimum absolute atomic E-state index is 0.322. The summed E-state index contributed by atoms with van der Waals surface area (Å²) in [5.41, 5.74) is 13.1. The fourth-order valence-corrected chi connectivity index (χ4v) is 4.82. The Morgan fingerprint density at radius 3 is 2.00 bits per heavy atom. The highest BCUT2D eigenvalue weighted by atomic mass is 16.1. The monoisotopic (exact) mass is 380 g/mol. The highest BCUT2D eigenvalue weighted by Crippen LogP contribution is 2.35. The number of ketones is 1. The van der Waals surface area contributed by atoms with Crippen molar-refractivity contribution in [2.45, 2.75) is 47.0 Å². The van der Waals surface area contributed by atoms with E-state index in [9.17, 15) is 4.79 Å². The largest absolute Gasteiger partial charge is 0.294 e. The molecule has 146 valence electrons. The first-order valence-electron chi connectivity index (χ1n) is 10.4. The van der Waals surface area contributed by atoms with E-state index in [4.69, 9.17) is 0 Å². The van der Waals surface area contributed by atoms with E-state index in [-0.39, 0.29) is 0 Å². The molecule has 0 N–H and O–H groups in total. The maximum atomic E-state index is 11.4. The first kappa shape index (κ1) is 19.4. The van der Waals surface area contributed by atoms with Crippen LogP contribution in [-0.4, -0.2) is 5.78 Å². The standard InChI is InChI=1S/C17H16.C11H12O/c1-12-10-13(2)17-15(11-12)8-9-16(17)14-6-4-3-5-7-14;1-7-5-8(2)11-9(6-7)3-4-10(11)12/h3-7,9-11H,8H2,1-2H3;5-6H,3-4H2,1-2H3. The van der Waals surface area contributed by atoms with Crippen molar-refractivity contribution in [2.75, 3.05) is 0 Å². The molecule has 29 heavy (non-hydrogen) atoms. The zero-order valence-corrected chi connectivity index (χ0v) is 17.8. The van der Waals surface area contributed by atoms with Crippen molar-refractivity contribution in [1.29, 1.82) is 0 Å². The molecule has 0 bridgehead atoms. The molecule has 3 aromatic carbocycles. The van der Waals surface area contributed by atoms with E-state index < -0.39 is 0 Å².